The summed E-state index contributed by atoms with van der Waals surface area (Å²) in [6.07, 6.45) is 3.41. The van der Waals surface area contributed by atoms with Crippen LogP contribution in [0.3, 0.4) is 0 Å². The van der Waals surface area contributed by atoms with E-state index in [0.29, 0.717) is 5.82 Å². The molecule has 0 aromatic carbocycles. The van der Waals surface area contributed by atoms with Crippen LogP contribution in [-0.4, -0.2) is 23.3 Å². The zero-order valence-corrected chi connectivity index (χ0v) is 13.0. The van der Waals surface area contributed by atoms with E-state index in [1.54, 1.807) is 23.5 Å². The van der Waals surface area contributed by atoms with Crippen molar-refractivity contribution in [1.29, 1.82) is 0 Å². The summed E-state index contributed by atoms with van der Waals surface area (Å²) in [4.78, 5) is 28.5. The Morgan fingerprint density at radius 1 is 1.27 bits per heavy atom. The van der Waals surface area contributed by atoms with Crippen molar-refractivity contribution < 1.29 is 9.59 Å². The van der Waals surface area contributed by atoms with Gasteiger partial charge in [0.2, 0.25) is 11.8 Å². The molecule has 0 aliphatic heterocycles. The summed E-state index contributed by atoms with van der Waals surface area (Å²) >= 11 is 1.56. The highest BCUT2D eigenvalue weighted by molar-refractivity contribution is 7.10. The molecule has 2 aromatic heterocycles. The predicted molar refractivity (Wildman–Crippen MR) is 88.6 cm³/mol. The van der Waals surface area contributed by atoms with Gasteiger partial charge in [0.1, 0.15) is 5.82 Å². The van der Waals surface area contributed by atoms with Gasteiger partial charge < -0.3 is 10.6 Å². The van der Waals surface area contributed by atoms with Crippen molar-refractivity contribution in [3.05, 3.63) is 52.4 Å². The number of nitrogens with one attached hydrogen (secondary N) is 2. The molecule has 0 atom stereocenters. The van der Waals surface area contributed by atoms with Gasteiger partial charge in [-0.05, 0) is 36.6 Å². The topological polar surface area (TPSA) is 71.1 Å². The third kappa shape index (κ3) is 5.49. The number of rotatable bonds is 6. The quantitative estimate of drug-likeness (QED) is 0.805. The molecule has 5 nitrogen and oxygen atoms in total. The number of carbonyl (C=O) groups is 2. The van der Waals surface area contributed by atoms with Crippen LogP contribution in [0.15, 0.2) is 41.8 Å². The Morgan fingerprint density at radius 2 is 2.14 bits per heavy atom. The number of anilines is 1. The Labute approximate surface area is 133 Å². The molecule has 0 unspecified atom stereocenters. The first-order valence-electron chi connectivity index (χ1n) is 6.86. The molecule has 2 rings (SSSR count). The molecule has 2 amide bonds. The van der Waals surface area contributed by atoms with Crippen molar-refractivity contribution in [2.24, 2.45) is 0 Å². The summed E-state index contributed by atoms with van der Waals surface area (Å²) < 4.78 is 0. The van der Waals surface area contributed by atoms with Crippen LogP contribution < -0.4 is 10.6 Å². The molecule has 2 aromatic rings. The van der Waals surface area contributed by atoms with Crippen LogP contribution in [0, 0.1) is 6.92 Å². The van der Waals surface area contributed by atoms with Gasteiger partial charge in [-0.1, -0.05) is 12.1 Å². The molecule has 6 heteroatoms. The van der Waals surface area contributed by atoms with Crippen LogP contribution in [-0.2, 0) is 9.59 Å². The second-order valence-corrected chi connectivity index (χ2v) is 5.58. The number of aryl methyl sites for hydroxylation is 1. The second-order valence-electron chi connectivity index (χ2n) is 4.60. The maximum atomic E-state index is 11.7. The highest BCUT2D eigenvalue weighted by Crippen LogP contribution is 2.09. The molecule has 0 aliphatic rings. The van der Waals surface area contributed by atoms with Gasteiger partial charge in [0, 0.05) is 29.6 Å². The zero-order chi connectivity index (χ0) is 15.8. The minimum Gasteiger partial charge on any atom is -0.352 e. The van der Waals surface area contributed by atoms with Crippen molar-refractivity contribution in [3.63, 3.8) is 0 Å². The second kappa shape index (κ2) is 8.09. The number of aromatic nitrogens is 1. The predicted octanol–water partition coefficient (Wildman–Crippen LogP) is 2.61. The van der Waals surface area contributed by atoms with Crippen molar-refractivity contribution in [2.75, 3.05) is 11.9 Å². The average molecular weight is 315 g/mol. The first-order chi connectivity index (χ1) is 10.6. The lowest BCUT2D eigenvalue weighted by Crippen LogP contribution is -2.26. The first kappa shape index (κ1) is 15.9. The fraction of sp³-hybridized carbons (Fsp3) is 0.188. The Bertz CT molecular complexity index is 666. The highest BCUT2D eigenvalue weighted by Gasteiger charge is 2.04. The number of pyridine rings is 1. The average Bonchev–Trinajstić information content (AvgIpc) is 2.98. The van der Waals surface area contributed by atoms with Crippen LogP contribution in [0.5, 0.6) is 0 Å². The number of amides is 2. The molecule has 0 aliphatic carbocycles. The molecule has 2 N–H and O–H groups in total. The van der Waals surface area contributed by atoms with Gasteiger partial charge in [0.25, 0.3) is 0 Å². The fourth-order valence-corrected chi connectivity index (χ4v) is 2.34. The van der Waals surface area contributed by atoms with E-state index in [9.17, 15) is 9.59 Å². The molecule has 0 radical (unpaired) electrons. The Morgan fingerprint density at radius 3 is 2.86 bits per heavy atom. The zero-order valence-electron chi connectivity index (χ0n) is 12.2. The van der Waals surface area contributed by atoms with Gasteiger partial charge in [0.05, 0.1) is 0 Å². The lowest BCUT2D eigenvalue weighted by molar-refractivity contribution is -0.117. The molecule has 0 bridgehead atoms. The normalized spacial score (nSPS) is 10.6. The molecule has 0 saturated heterocycles. The Balaban J connectivity index is 1.69. The van der Waals surface area contributed by atoms with E-state index >= 15 is 0 Å². The van der Waals surface area contributed by atoms with Gasteiger partial charge in [-0.2, -0.15) is 0 Å². The van der Waals surface area contributed by atoms with E-state index in [1.165, 1.54) is 6.08 Å². The molecule has 0 fully saturated rings. The number of hydrogen-bond acceptors (Lipinski definition) is 4. The molecule has 0 saturated carbocycles. The summed E-state index contributed by atoms with van der Waals surface area (Å²) in [6, 6.07) is 9.26. The van der Waals surface area contributed by atoms with Gasteiger partial charge in [-0.3, -0.25) is 9.59 Å². The van der Waals surface area contributed by atoms with Gasteiger partial charge >= 0.3 is 0 Å². The minimum absolute atomic E-state index is 0.180. The highest BCUT2D eigenvalue weighted by atomic mass is 32.1. The molecule has 0 spiro atoms. The van der Waals surface area contributed by atoms with Crippen LogP contribution in [0.4, 0.5) is 5.82 Å². The van der Waals surface area contributed by atoms with E-state index in [0.717, 1.165) is 10.6 Å². The van der Waals surface area contributed by atoms with Gasteiger partial charge in [-0.25, -0.2) is 4.98 Å². The Kier molecular flexibility index (Phi) is 5.85. The lowest BCUT2D eigenvalue weighted by atomic mass is 10.3. The monoisotopic (exact) mass is 315 g/mol. The summed E-state index contributed by atoms with van der Waals surface area (Å²) in [6.45, 7) is 2.14. The summed E-state index contributed by atoms with van der Waals surface area (Å²) in [5.41, 5.74) is 0.838. The smallest absolute Gasteiger partial charge is 0.244 e. The van der Waals surface area contributed by atoms with E-state index < -0.39 is 0 Å². The largest absolute Gasteiger partial charge is 0.352 e. The Hall–Kier alpha value is -2.47. The van der Waals surface area contributed by atoms with Gasteiger partial charge in [-0.15, -0.1) is 11.3 Å². The molecule has 22 heavy (non-hydrogen) atoms. The SMILES string of the molecule is Cc1cccc(NC(=O)CCNC(=O)/C=C\c2cccs2)n1. The number of hydrogen-bond donors (Lipinski definition) is 2. The molecular weight excluding hydrogens is 298 g/mol. The van der Waals surface area contributed by atoms with Crippen LogP contribution in [0.2, 0.25) is 0 Å². The third-order valence-corrected chi connectivity index (χ3v) is 3.59. The van der Waals surface area contributed by atoms with Crippen molar-refractivity contribution in [3.8, 4) is 0 Å². The first-order valence-corrected chi connectivity index (χ1v) is 7.74. The molecule has 2 heterocycles. The van der Waals surface area contributed by atoms with E-state index in [2.05, 4.69) is 15.6 Å². The van der Waals surface area contributed by atoms with E-state index in [-0.39, 0.29) is 24.8 Å². The number of carbonyl (C=O) groups excluding carboxylic acids is 2. The lowest BCUT2D eigenvalue weighted by Gasteiger charge is -2.05. The van der Waals surface area contributed by atoms with E-state index in [1.807, 2.05) is 36.6 Å². The maximum absolute atomic E-state index is 11.7. The van der Waals surface area contributed by atoms with Crippen molar-refractivity contribution in [1.82, 2.24) is 10.3 Å². The fourth-order valence-electron chi connectivity index (χ4n) is 1.72. The standard InChI is InChI=1S/C16H17N3O2S/c1-12-4-2-6-14(18-12)19-16(21)9-10-17-15(20)8-7-13-5-3-11-22-13/h2-8,11H,9-10H2,1H3,(H,17,20)(H,18,19,21)/b8-7-. The van der Waals surface area contributed by atoms with Crippen molar-refractivity contribution >= 4 is 35.0 Å². The third-order valence-electron chi connectivity index (χ3n) is 2.75. The molecule has 114 valence electrons. The number of thiophene rings is 1. The molecular formula is C16H17N3O2S. The van der Waals surface area contributed by atoms with E-state index in [4.69, 9.17) is 0 Å². The van der Waals surface area contributed by atoms with Crippen LogP contribution >= 0.6 is 11.3 Å². The van der Waals surface area contributed by atoms with Crippen LogP contribution in [0.25, 0.3) is 6.08 Å². The van der Waals surface area contributed by atoms with Crippen LogP contribution in [0.1, 0.15) is 17.0 Å². The van der Waals surface area contributed by atoms with Crippen molar-refractivity contribution in [2.45, 2.75) is 13.3 Å². The summed E-state index contributed by atoms with van der Waals surface area (Å²) in [7, 11) is 0. The van der Waals surface area contributed by atoms with Gasteiger partial charge in [0.15, 0.2) is 0 Å². The summed E-state index contributed by atoms with van der Waals surface area (Å²) in [5.74, 6) is 0.129. The number of nitrogens with zero attached hydrogens (tertiary/aromatic N) is 1. The minimum atomic E-state index is -0.213. The maximum Gasteiger partial charge on any atom is 0.244 e. The summed E-state index contributed by atoms with van der Waals surface area (Å²) in [5, 5.41) is 7.31.